The van der Waals surface area contributed by atoms with Gasteiger partial charge in [-0.1, -0.05) is 84.5 Å². The van der Waals surface area contributed by atoms with Crippen molar-refractivity contribution in [1.29, 1.82) is 0 Å². The van der Waals surface area contributed by atoms with Crippen molar-refractivity contribution < 1.29 is 0 Å². The Morgan fingerprint density at radius 2 is 1.50 bits per heavy atom. The fraction of sp³-hybridized carbons (Fsp3) is 0.158. The zero-order valence-corrected chi connectivity index (χ0v) is 24.9. The molecular formula is C38H40N4. The third-order valence-electron chi connectivity index (χ3n) is 7.77. The first-order valence-corrected chi connectivity index (χ1v) is 14.5. The van der Waals surface area contributed by atoms with Crippen molar-refractivity contribution in [2.45, 2.75) is 26.3 Å². The second-order valence-corrected chi connectivity index (χ2v) is 10.7. The van der Waals surface area contributed by atoms with Crippen molar-refractivity contribution in [3.05, 3.63) is 138 Å². The maximum atomic E-state index is 6.37. The molecule has 4 aromatic carbocycles. The number of nitrogen functional groups attached to an aromatic ring is 1. The highest BCUT2D eigenvalue weighted by atomic mass is 14.9. The SMILES string of the molecule is CNc1ccc(-c2ccc(NC)c(C3=CC=CC(C/C=C\C=C(/C)c4cc(-c5ccc(C)cc5)ccc4N)N3)c2)cc1. The minimum Gasteiger partial charge on any atom is -0.398 e. The standard InChI is InChI=1S/C38H40N4/c1-26-12-14-28(15-13-26)30-18-22-36(39)34(24-30)27(2)8-5-6-9-33-10-7-11-38(42-33)35-25-31(19-23-37(35)41-4)29-16-20-32(40-3)21-17-29/h5-8,10-25,33,40-42H,9,39H2,1-4H3/b6-5-,27-8+. The molecule has 0 saturated heterocycles. The molecule has 0 bridgehead atoms. The molecule has 0 spiro atoms. The average Bonchev–Trinajstić information content (AvgIpc) is 3.03. The molecule has 4 aromatic rings. The molecule has 4 heteroatoms. The van der Waals surface area contributed by atoms with E-state index in [1.165, 1.54) is 27.8 Å². The maximum absolute atomic E-state index is 6.37. The molecule has 1 aliphatic heterocycles. The van der Waals surface area contributed by atoms with Gasteiger partial charge < -0.3 is 21.7 Å². The van der Waals surface area contributed by atoms with E-state index in [0.29, 0.717) is 0 Å². The van der Waals surface area contributed by atoms with E-state index in [9.17, 15) is 0 Å². The van der Waals surface area contributed by atoms with E-state index >= 15 is 0 Å². The van der Waals surface area contributed by atoms with Crippen LogP contribution in [0.5, 0.6) is 0 Å². The lowest BCUT2D eigenvalue weighted by atomic mass is 9.97. The summed E-state index contributed by atoms with van der Waals surface area (Å²) in [5, 5.41) is 10.3. The van der Waals surface area contributed by atoms with Crippen LogP contribution in [0.4, 0.5) is 17.1 Å². The summed E-state index contributed by atoms with van der Waals surface area (Å²) >= 11 is 0. The molecule has 0 fully saturated rings. The number of dihydropyridines is 1. The normalized spacial score (nSPS) is 14.9. The van der Waals surface area contributed by atoms with Gasteiger partial charge in [0.25, 0.3) is 0 Å². The summed E-state index contributed by atoms with van der Waals surface area (Å²) in [6.45, 7) is 4.23. The van der Waals surface area contributed by atoms with Gasteiger partial charge in [-0.15, -0.1) is 0 Å². The molecule has 42 heavy (non-hydrogen) atoms. The molecule has 1 unspecified atom stereocenters. The Hall–Kier alpha value is -4.96. The van der Waals surface area contributed by atoms with Crippen LogP contribution in [0.25, 0.3) is 33.5 Å². The average molecular weight is 553 g/mol. The molecular weight excluding hydrogens is 512 g/mol. The van der Waals surface area contributed by atoms with Crippen molar-refractivity contribution in [2.24, 2.45) is 0 Å². The molecule has 0 radical (unpaired) electrons. The van der Waals surface area contributed by atoms with Gasteiger partial charge in [0, 0.05) is 54.0 Å². The Kier molecular flexibility index (Phi) is 8.93. The molecule has 0 amide bonds. The van der Waals surface area contributed by atoms with Gasteiger partial charge in [-0.25, -0.2) is 0 Å². The highest BCUT2D eigenvalue weighted by Crippen LogP contribution is 2.31. The number of hydrogen-bond donors (Lipinski definition) is 4. The van der Waals surface area contributed by atoms with Crippen molar-refractivity contribution in [3.8, 4) is 22.3 Å². The molecule has 0 saturated carbocycles. The maximum Gasteiger partial charge on any atom is 0.0482 e. The van der Waals surface area contributed by atoms with Crippen molar-refractivity contribution in [1.82, 2.24) is 5.32 Å². The lowest BCUT2D eigenvalue weighted by Gasteiger charge is -2.23. The number of aryl methyl sites for hydroxylation is 1. The zero-order valence-electron chi connectivity index (χ0n) is 24.9. The van der Waals surface area contributed by atoms with Crippen molar-refractivity contribution >= 4 is 28.3 Å². The number of allylic oxidation sites excluding steroid dienone is 5. The summed E-state index contributed by atoms with van der Waals surface area (Å²) in [6, 6.07) is 30.2. The number of hydrogen-bond acceptors (Lipinski definition) is 4. The number of nitrogens with two attached hydrogens (primary N) is 1. The zero-order chi connectivity index (χ0) is 29.5. The molecule has 0 aromatic heterocycles. The highest BCUT2D eigenvalue weighted by Gasteiger charge is 2.14. The van der Waals surface area contributed by atoms with Crippen LogP contribution in [-0.2, 0) is 0 Å². The second kappa shape index (κ2) is 13.1. The molecule has 5 N–H and O–H groups in total. The van der Waals surface area contributed by atoms with Gasteiger partial charge in [-0.05, 0) is 90.6 Å². The van der Waals surface area contributed by atoms with Crippen molar-refractivity contribution in [3.63, 3.8) is 0 Å². The Morgan fingerprint density at radius 1 is 0.833 bits per heavy atom. The van der Waals surface area contributed by atoms with Crippen LogP contribution >= 0.6 is 0 Å². The fourth-order valence-electron chi connectivity index (χ4n) is 5.23. The van der Waals surface area contributed by atoms with Gasteiger partial charge in [0.1, 0.15) is 0 Å². The summed E-state index contributed by atoms with van der Waals surface area (Å²) in [5.74, 6) is 0. The molecule has 5 rings (SSSR count). The minimum atomic E-state index is 0.202. The van der Waals surface area contributed by atoms with Crippen LogP contribution in [0.3, 0.4) is 0 Å². The van der Waals surface area contributed by atoms with E-state index in [1.54, 1.807) is 0 Å². The lowest BCUT2D eigenvalue weighted by Crippen LogP contribution is -2.27. The summed E-state index contributed by atoms with van der Waals surface area (Å²) in [4.78, 5) is 0. The molecule has 1 aliphatic rings. The van der Waals surface area contributed by atoms with E-state index in [-0.39, 0.29) is 6.04 Å². The lowest BCUT2D eigenvalue weighted by molar-refractivity contribution is 0.718. The van der Waals surface area contributed by atoms with Crippen LogP contribution in [0.15, 0.2) is 121 Å². The van der Waals surface area contributed by atoms with Crippen LogP contribution < -0.4 is 21.7 Å². The Bertz CT molecular complexity index is 1650. The first-order chi connectivity index (χ1) is 20.4. The Balaban J connectivity index is 1.27. The fourth-order valence-corrected chi connectivity index (χ4v) is 5.23. The Labute approximate surface area is 250 Å². The number of anilines is 3. The largest absolute Gasteiger partial charge is 0.398 e. The molecule has 212 valence electrons. The summed E-state index contributed by atoms with van der Waals surface area (Å²) in [6.07, 6.45) is 13.9. The summed E-state index contributed by atoms with van der Waals surface area (Å²) < 4.78 is 0. The van der Waals surface area contributed by atoms with E-state index in [0.717, 1.165) is 45.9 Å². The monoisotopic (exact) mass is 552 g/mol. The minimum absolute atomic E-state index is 0.202. The van der Waals surface area contributed by atoms with E-state index in [1.807, 2.05) is 20.2 Å². The Morgan fingerprint density at radius 3 is 2.21 bits per heavy atom. The third-order valence-corrected chi connectivity index (χ3v) is 7.77. The topological polar surface area (TPSA) is 62.1 Å². The molecule has 1 atom stereocenters. The first-order valence-electron chi connectivity index (χ1n) is 14.5. The summed E-state index contributed by atoms with van der Waals surface area (Å²) in [5.41, 5.74) is 19.8. The molecule has 1 heterocycles. The summed E-state index contributed by atoms with van der Waals surface area (Å²) in [7, 11) is 3.91. The second-order valence-electron chi connectivity index (χ2n) is 10.7. The third kappa shape index (κ3) is 6.67. The van der Waals surface area contributed by atoms with Gasteiger partial charge in [0.05, 0.1) is 0 Å². The van der Waals surface area contributed by atoms with Gasteiger partial charge >= 0.3 is 0 Å². The number of benzene rings is 4. The van der Waals surface area contributed by atoms with E-state index in [2.05, 4.69) is 145 Å². The predicted molar refractivity (Wildman–Crippen MR) is 183 cm³/mol. The smallest absolute Gasteiger partial charge is 0.0482 e. The van der Waals surface area contributed by atoms with Gasteiger partial charge in [0.15, 0.2) is 0 Å². The van der Waals surface area contributed by atoms with Crippen LogP contribution in [0, 0.1) is 6.92 Å². The van der Waals surface area contributed by atoms with Crippen LogP contribution in [0.2, 0.25) is 0 Å². The predicted octanol–water partition coefficient (Wildman–Crippen LogP) is 8.91. The van der Waals surface area contributed by atoms with Crippen molar-refractivity contribution in [2.75, 3.05) is 30.5 Å². The first kappa shape index (κ1) is 28.6. The van der Waals surface area contributed by atoms with E-state index in [4.69, 9.17) is 5.73 Å². The molecule has 4 nitrogen and oxygen atoms in total. The van der Waals surface area contributed by atoms with Gasteiger partial charge in [-0.3, -0.25) is 0 Å². The quantitative estimate of drug-likeness (QED) is 0.124. The van der Waals surface area contributed by atoms with Crippen LogP contribution in [-0.4, -0.2) is 20.1 Å². The highest BCUT2D eigenvalue weighted by molar-refractivity contribution is 5.82. The van der Waals surface area contributed by atoms with Gasteiger partial charge in [0.2, 0.25) is 0 Å². The van der Waals surface area contributed by atoms with Crippen LogP contribution in [0.1, 0.15) is 30.0 Å². The van der Waals surface area contributed by atoms with E-state index < -0.39 is 0 Å². The number of nitrogens with one attached hydrogen (secondary N) is 3. The molecule has 0 aliphatic carbocycles. The van der Waals surface area contributed by atoms with Gasteiger partial charge in [-0.2, -0.15) is 0 Å². The number of rotatable bonds is 9.